The second-order valence-corrected chi connectivity index (χ2v) is 4.26. The first-order valence-corrected chi connectivity index (χ1v) is 6.00. The van der Waals surface area contributed by atoms with Crippen molar-refractivity contribution in [3.63, 3.8) is 0 Å². The molecule has 0 aliphatic heterocycles. The average Bonchev–Trinajstić information content (AvgIpc) is 2.38. The summed E-state index contributed by atoms with van der Waals surface area (Å²) in [6, 6.07) is 9.78. The Hall–Kier alpha value is -1.73. The minimum Gasteiger partial charge on any atom is -0.468 e. The lowest BCUT2D eigenvalue weighted by atomic mass is 10.2. The first kappa shape index (κ1) is 13.3. The number of esters is 1. The highest BCUT2D eigenvalue weighted by Gasteiger charge is 2.17. The van der Waals surface area contributed by atoms with Crippen LogP contribution < -0.4 is 0 Å². The number of allylic oxidation sites excluding steroid dienone is 1. The molecule has 0 aliphatic carbocycles. The van der Waals surface area contributed by atoms with Crippen LogP contribution in [0, 0.1) is 10.7 Å². The van der Waals surface area contributed by atoms with Gasteiger partial charge in [-0.3, -0.25) is 4.79 Å². The number of hydrogen-bond acceptors (Lipinski definition) is 4. The average molecular weight is 247 g/mol. The van der Waals surface area contributed by atoms with Gasteiger partial charge in [0.05, 0.1) is 7.11 Å². The molecule has 0 fully saturated rings. The fourth-order valence-corrected chi connectivity index (χ4v) is 1.81. The van der Waals surface area contributed by atoms with Crippen LogP contribution in [-0.2, 0) is 9.53 Å². The van der Waals surface area contributed by atoms with Crippen LogP contribution in [0.2, 0.25) is 0 Å². The van der Waals surface area contributed by atoms with E-state index in [1.165, 1.54) is 7.11 Å². The lowest BCUT2D eigenvalue weighted by Crippen LogP contribution is -2.17. The Morgan fingerprint density at radius 2 is 2.24 bits per heavy atom. The fraction of sp³-hybridized carbons (Fsp3) is 0.231. The van der Waals surface area contributed by atoms with E-state index < -0.39 is 5.25 Å². The maximum absolute atomic E-state index is 11.3. The van der Waals surface area contributed by atoms with Gasteiger partial charge >= 0.3 is 5.97 Å². The highest BCUT2D eigenvalue weighted by Crippen LogP contribution is 2.16. The predicted molar refractivity (Wildman–Crippen MR) is 69.1 cm³/mol. The first-order chi connectivity index (χ1) is 8.27. The molecule has 0 amide bonds. The van der Waals surface area contributed by atoms with Crippen molar-refractivity contribution in [2.45, 2.75) is 11.7 Å². The van der Waals surface area contributed by atoms with Crippen molar-refractivity contribution in [3.05, 3.63) is 42.0 Å². The molecular weight excluding hydrogens is 234 g/mol. The number of carbonyl (C=O) groups is 1. The van der Waals surface area contributed by atoms with Crippen LogP contribution in [0.25, 0.3) is 6.08 Å². The zero-order valence-electron chi connectivity index (χ0n) is 9.50. The molecule has 0 heterocycles. The van der Waals surface area contributed by atoms with E-state index in [2.05, 4.69) is 4.74 Å². The number of nitrogens with zero attached hydrogens (tertiary/aromatic N) is 1. The monoisotopic (exact) mass is 247 g/mol. The van der Waals surface area contributed by atoms with Crippen molar-refractivity contribution in [3.8, 4) is 5.40 Å². The lowest BCUT2D eigenvalue weighted by molar-refractivity contribution is -0.139. The van der Waals surface area contributed by atoms with E-state index in [-0.39, 0.29) is 5.97 Å². The quantitative estimate of drug-likeness (QED) is 0.593. The molecule has 1 aromatic rings. The van der Waals surface area contributed by atoms with E-state index in [1.54, 1.807) is 0 Å². The van der Waals surface area contributed by atoms with Gasteiger partial charge in [0.15, 0.2) is 0 Å². The summed E-state index contributed by atoms with van der Waals surface area (Å²) in [5.41, 5.74) is 1.07. The van der Waals surface area contributed by atoms with Crippen molar-refractivity contribution in [2.24, 2.45) is 0 Å². The van der Waals surface area contributed by atoms with E-state index in [9.17, 15) is 4.79 Å². The van der Waals surface area contributed by atoms with Crippen LogP contribution in [0.1, 0.15) is 12.0 Å². The Kier molecular flexibility index (Phi) is 5.91. The molecule has 1 aromatic carbocycles. The third-order valence-electron chi connectivity index (χ3n) is 2.12. The minimum absolute atomic E-state index is 0.366. The summed E-state index contributed by atoms with van der Waals surface area (Å²) < 4.78 is 4.62. The summed E-state index contributed by atoms with van der Waals surface area (Å²) in [6.07, 6.45) is 4.29. The van der Waals surface area contributed by atoms with Gasteiger partial charge in [-0.05, 0) is 23.7 Å². The highest BCUT2D eigenvalue weighted by molar-refractivity contribution is 8.04. The topological polar surface area (TPSA) is 50.1 Å². The number of nitriles is 1. The molecule has 1 rings (SSSR count). The van der Waals surface area contributed by atoms with E-state index in [0.717, 1.165) is 17.3 Å². The molecule has 4 heteroatoms. The molecule has 0 aromatic heterocycles. The van der Waals surface area contributed by atoms with Crippen LogP contribution in [0.15, 0.2) is 36.4 Å². The Balaban J connectivity index is 2.55. The third-order valence-corrected chi connectivity index (χ3v) is 2.89. The van der Waals surface area contributed by atoms with Gasteiger partial charge in [0.2, 0.25) is 0 Å². The molecule has 17 heavy (non-hydrogen) atoms. The number of methoxy groups -OCH3 is 1. The number of carbonyl (C=O) groups excluding carboxylic acids is 1. The molecular formula is C13H13NO2S. The van der Waals surface area contributed by atoms with Gasteiger partial charge in [-0.1, -0.05) is 42.5 Å². The third kappa shape index (κ3) is 4.75. The van der Waals surface area contributed by atoms with Crippen LogP contribution >= 0.6 is 11.8 Å². The molecule has 1 unspecified atom stereocenters. The fourth-order valence-electron chi connectivity index (χ4n) is 1.28. The largest absolute Gasteiger partial charge is 0.468 e. The maximum atomic E-state index is 11.3. The van der Waals surface area contributed by atoms with E-state index >= 15 is 0 Å². The van der Waals surface area contributed by atoms with Gasteiger partial charge in [0, 0.05) is 0 Å². The molecule has 0 radical (unpaired) electrons. The standard InChI is InChI=1S/C13H13NO2S/c1-16-13(15)12(17-10-14)9-5-8-11-6-3-2-4-7-11/h2-8,12H,9H2,1H3/b8-5+. The van der Waals surface area contributed by atoms with Crippen molar-refractivity contribution in [2.75, 3.05) is 7.11 Å². The highest BCUT2D eigenvalue weighted by atomic mass is 32.2. The second kappa shape index (κ2) is 7.53. The summed E-state index contributed by atoms with van der Waals surface area (Å²) in [6.45, 7) is 0. The summed E-state index contributed by atoms with van der Waals surface area (Å²) in [7, 11) is 1.33. The SMILES string of the molecule is COC(=O)C(C/C=C/c1ccccc1)SC#N. The zero-order valence-corrected chi connectivity index (χ0v) is 10.3. The smallest absolute Gasteiger partial charge is 0.320 e. The Morgan fingerprint density at radius 3 is 2.82 bits per heavy atom. The molecule has 0 aliphatic rings. The molecule has 0 N–H and O–H groups in total. The van der Waals surface area contributed by atoms with Gasteiger partial charge in [-0.15, -0.1) is 0 Å². The van der Waals surface area contributed by atoms with Crippen LogP contribution in [-0.4, -0.2) is 18.3 Å². The first-order valence-electron chi connectivity index (χ1n) is 5.12. The number of hydrogen-bond donors (Lipinski definition) is 0. The molecule has 0 bridgehead atoms. The van der Waals surface area contributed by atoms with Gasteiger partial charge < -0.3 is 4.74 Å². The Bertz CT molecular complexity index is 423. The molecule has 3 nitrogen and oxygen atoms in total. The van der Waals surface area contributed by atoms with E-state index in [1.807, 2.05) is 47.9 Å². The predicted octanol–water partition coefficient (Wildman–Crippen LogP) is 2.85. The Morgan fingerprint density at radius 1 is 1.53 bits per heavy atom. The van der Waals surface area contributed by atoms with Crippen LogP contribution in [0.4, 0.5) is 0 Å². The number of benzene rings is 1. The lowest BCUT2D eigenvalue weighted by Gasteiger charge is -2.06. The van der Waals surface area contributed by atoms with Gasteiger partial charge in [-0.25, -0.2) is 0 Å². The van der Waals surface area contributed by atoms with E-state index in [0.29, 0.717) is 6.42 Å². The maximum Gasteiger partial charge on any atom is 0.320 e. The summed E-state index contributed by atoms with van der Waals surface area (Å²) in [5.74, 6) is -0.366. The number of thioether (sulfide) groups is 1. The molecule has 0 saturated heterocycles. The van der Waals surface area contributed by atoms with Crippen molar-refractivity contribution in [1.29, 1.82) is 5.26 Å². The van der Waals surface area contributed by atoms with Gasteiger partial charge in [0.25, 0.3) is 0 Å². The van der Waals surface area contributed by atoms with E-state index in [4.69, 9.17) is 5.26 Å². The normalized spacial score (nSPS) is 12.0. The Labute approximate surface area is 105 Å². The number of thiocyanates is 1. The summed E-state index contributed by atoms with van der Waals surface area (Å²) in [4.78, 5) is 11.3. The van der Waals surface area contributed by atoms with Gasteiger partial charge in [0.1, 0.15) is 10.7 Å². The second-order valence-electron chi connectivity index (χ2n) is 3.27. The number of ether oxygens (including phenoxy) is 1. The van der Waals surface area contributed by atoms with Crippen LogP contribution in [0.5, 0.6) is 0 Å². The van der Waals surface area contributed by atoms with Crippen molar-refractivity contribution in [1.82, 2.24) is 0 Å². The van der Waals surface area contributed by atoms with Crippen molar-refractivity contribution >= 4 is 23.8 Å². The minimum atomic E-state index is -0.454. The summed E-state index contributed by atoms with van der Waals surface area (Å²) in [5, 5.41) is 10.0. The molecule has 0 spiro atoms. The number of rotatable bonds is 5. The molecule has 88 valence electrons. The van der Waals surface area contributed by atoms with Crippen molar-refractivity contribution < 1.29 is 9.53 Å². The zero-order chi connectivity index (χ0) is 12.5. The molecule has 1 atom stereocenters. The summed E-state index contributed by atoms with van der Waals surface area (Å²) >= 11 is 0.924. The van der Waals surface area contributed by atoms with Gasteiger partial charge in [-0.2, -0.15) is 5.26 Å². The van der Waals surface area contributed by atoms with Crippen LogP contribution in [0.3, 0.4) is 0 Å². The molecule has 0 saturated carbocycles.